The standard InChI is InChI=1S/C29H38N4O2/c1-3-33-26-19-24(35-18-15-20-5-4-16-32(2)17-14-20)12-13-25(26)27(30)28(33)21-8-10-23(11-9-21)31-29(34)22-6-7-22/h8-13,19-20,22H,3-7,14-18,30H2,1-2H3,(H,31,34). The molecule has 1 saturated carbocycles. The van der Waals surface area contributed by atoms with E-state index in [-0.39, 0.29) is 11.8 Å². The Labute approximate surface area is 208 Å². The van der Waals surface area contributed by atoms with Crippen LogP contribution in [0.5, 0.6) is 5.75 Å². The van der Waals surface area contributed by atoms with Gasteiger partial charge in [0.2, 0.25) is 5.91 Å². The molecule has 3 N–H and O–H groups in total. The number of hydrogen-bond acceptors (Lipinski definition) is 4. The zero-order valence-corrected chi connectivity index (χ0v) is 21.1. The lowest BCUT2D eigenvalue weighted by Crippen LogP contribution is -2.19. The highest BCUT2D eigenvalue weighted by Gasteiger charge is 2.29. The van der Waals surface area contributed by atoms with Gasteiger partial charge < -0.3 is 25.3 Å². The predicted molar refractivity (Wildman–Crippen MR) is 144 cm³/mol. The van der Waals surface area contributed by atoms with Crippen LogP contribution in [-0.4, -0.2) is 42.1 Å². The van der Waals surface area contributed by atoms with E-state index in [1.165, 1.54) is 32.4 Å². The molecule has 1 saturated heterocycles. The summed E-state index contributed by atoms with van der Waals surface area (Å²) in [6.07, 6.45) is 6.96. The van der Waals surface area contributed by atoms with Crippen molar-refractivity contribution in [2.75, 3.05) is 37.8 Å². The molecule has 2 fully saturated rings. The lowest BCUT2D eigenvalue weighted by atomic mass is 9.97. The third kappa shape index (κ3) is 5.32. The second-order valence-electron chi connectivity index (χ2n) is 10.3. The van der Waals surface area contributed by atoms with Gasteiger partial charge in [0.25, 0.3) is 0 Å². The molecular weight excluding hydrogens is 436 g/mol. The molecule has 1 unspecified atom stereocenters. The Hall–Kier alpha value is -2.99. The smallest absolute Gasteiger partial charge is 0.227 e. The maximum absolute atomic E-state index is 12.1. The molecule has 0 bridgehead atoms. The molecule has 0 radical (unpaired) electrons. The van der Waals surface area contributed by atoms with Gasteiger partial charge in [-0.3, -0.25) is 4.79 Å². The van der Waals surface area contributed by atoms with Crippen LogP contribution < -0.4 is 15.8 Å². The molecular formula is C29H38N4O2. The number of nitrogens with one attached hydrogen (secondary N) is 1. The monoisotopic (exact) mass is 474 g/mol. The summed E-state index contributed by atoms with van der Waals surface area (Å²) in [5.41, 5.74) is 11.4. The Morgan fingerprint density at radius 1 is 1.09 bits per heavy atom. The molecule has 1 aromatic heterocycles. The number of likely N-dealkylation sites (tertiary alicyclic amines) is 1. The number of rotatable bonds is 8. The summed E-state index contributed by atoms with van der Waals surface area (Å²) in [5, 5.41) is 4.06. The fourth-order valence-electron chi connectivity index (χ4n) is 5.33. The molecule has 2 aromatic carbocycles. The highest BCUT2D eigenvalue weighted by atomic mass is 16.5. The van der Waals surface area contributed by atoms with Crippen molar-refractivity contribution in [1.29, 1.82) is 0 Å². The number of ether oxygens (including phenoxy) is 1. The van der Waals surface area contributed by atoms with Crippen molar-refractivity contribution >= 4 is 28.2 Å². The number of aromatic nitrogens is 1. The van der Waals surface area contributed by atoms with Gasteiger partial charge in [-0.2, -0.15) is 0 Å². The van der Waals surface area contributed by atoms with Gasteiger partial charge in [-0.05, 0) is 95.8 Å². The van der Waals surface area contributed by atoms with E-state index in [2.05, 4.69) is 40.9 Å². The van der Waals surface area contributed by atoms with Gasteiger partial charge in [-0.1, -0.05) is 12.1 Å². The van der Waals surface area contributed by atoms with Gasteiger partial charge in [-0.25, -0.2) is 0 Å². The predicted octanol–water partition coefficient (Wildman–Crippen LogP) is 5.76. The number of carbonyl (C=O) groups is 1. The molecule has 0 spiro atoms. The Balaban J connectivity index is 1.31. The van der Waals surface area contributed by atoms with Gasteiger partial charge in [0, 0.05) is 35.2 Å². The lowest BCUT2D eigenvalue weighted by molar-refractivity contribution is -0.117. The van der Waals surface area contributed by atoms with Crippen molar-refractivity contribution in [1.82, 2.24) is 9.47 Å². The van der Waals surface area contributed by atoms with Gasteiger partial charge in [0.1, 0.15) is 5.75 Å². The average Bonchev–Trinajstić information content (AvgIpc) is 3.69. The molecule has 35 heavy (non-hydrogen) atoms. The zero-order chi connectivity index (χ0) is 24.4. The summed E-state index contributed by atoms with van der Waals surface area (Å²) in [4.78, 5) is 14.5. The second-order valence-corrected chi connectivity index (χ2v) is 10.3. The van der Waals surface area contributed by atoms with Crippen LogP contribution in [0, 0.1) is 11.8 Å². The highest BCUT2D eigenvalue weighted by molar-refractivity contribution is 6.01. The number of nitrogen functional groups attached to an aromatic ring is 1. The number of anilines is 2. The number of carbonyl (C=O) groups excluding carboxylic acids is 1. The summed E-state index contributed by atoms with van der Waals surface area (Å²) >= 11 is 0. The number of hydrogen-bond donors (Lipinski definition) is 2. The minimum absolute atomic E-state index is 0.124. The number of aryl methyl sites for hydroxylation is 1. The van der Waals surface area contributed by atoms with Gasteiger partial charge >= 0.3 is 0 Å². The number of fused-ring (bicyclic) bond motifs is 1. The number of amides is 1. The Morgan fingerprint density at radius 2 is 1.89 bits per heavy atom. The summed E-state index contributed by atoms with van der Waals surface area (Å²) in [7, 11) is 2.22. The van der Waals surface area contributed by atoms with Crippen molar-refractivity contribution in [2.45, 2.75) is 52.0 Å². The largest absolute Gasteiger partial charge is 0.494 e. The number of nitrogens with zero attached hydrogens (tertiary/aromatic N) is 2. The van der Waals surface area contributed by atoms with E-state index in [1.807, 2.05) is 30.3 Å². The van der Waals surface area contributed by atoms with Crippen LogP contribution in [0.15, 0.2) is 42.5 Å². The van der Waals surface area contributed by atoms with Gasteiger partial charge in [-0.15, -0.1) is 0 Å². The number of benzene rings is 2. The first-order valence-corrected chi connectivity index (χ1v) is 13.2. The van der Waals surface area contributed by atoms with E-state index in [0.29, 0.717) is 0 Å². The van der Waals surface area contributed by atoms with Crippen molar-refractivity contribution < 1.29 is 9.53 Å². The van der Waals surface area contributed by atoms with Crippen molar-refractivity contribution in [3.8, 4) is 17.0 Å². The highest BCUT2D eigenvalue weighted by Crippen LogP contribution is 2.38. The number of nitrogens with two attached hydrogens (primary N) is 1. The summed E-state index contributed by atoms with van der Waals surface area (Å²) in [5.74, 6) is 1.97. The molecule has 186 valence electrons. The SMILES string of the molecule is CCn1c(-c2ccc(NC(=O)C3CC3)cc2)c(N)c2ccc(OCCC3CCCN(C)CC3)cc21. The van der Waals surface area contributed by atoms with E-state index in [4.69, 9.17) is 10.5 Å². The van der Waals surface area contributed by atoms with Crippen LogP contribution in [0.4, 0.5) is 11.4 Å². The first-order valence-electron chi connectivity index (χ1n) is 13.2. The Kier molecular flexibility index (Phi) is 7.00. The van der Waals surface area contributed by atoms with Crippen LogP contribution in [0.2, 0.25) is 0 Å². The maximum atomic E-state index is 12.1. The third-order valence-electron chi connectivity index (χ3n) is 7.63. The molecule has 6 nitrogen and oxygen atoms in total. The third-order valence-corrected chi connectivity index (χ3v) is 7.63. The zero-order valence-electron chi connectivity index (χ0n) is 21.1. The quantitative estimate of drug-likeness (QED) is 0.435. The molecule has 1 aliphatic carbocycles. The van der Waals surface area contributed by atoms with E-state index in [0.717, 1.165) is 77.6 Å². The fourth-order valence-corrected chi connectivity index (χ4v) is 5.33. The minimum atomic E-state index is 0.124. The van der Waals surface area contributed by atoms with Gasteiger partial charge in [0.15, 0.2) is 0 Å². The van der Waals surface area contributed by atoms with E-state index < -0.39 is 0 Å². The Bertz CT molecular complexity index is 1180. The molecule has 2 heterocycles. The van der Waals surface area contributed by atoms with E-state index >= 15 is 0 Å². The Morgan fingerprint density at radius 3 is 2.63 bits per heavy atom. The van der Waals surface area contributed by atoms with E-state index in [9.17, 15) is 4.79 Å². The topological polar surface area (TPSA) is 72.5 Å². The van der Waals surface area contributed by atoms with Crippen LogP contribution in [0.1, 0.15) is 45.4 Å². The minimum Gasteiger partial charge on any atom is -0.494 e. The molecule has 3 aromatic rings. The normalized spacial score (nSPS) is 19.0. The molecule has 1 amide bonds. The molecule has 2 aliphatic rings. The van der Waals surface area contributed by atoms with Crippen LogP contribution in [-0.2, 0) is 11.3 Å². The molecule has 1 aliphatic heterocycles. The van der Waals surface area contributed by atoms with Crippen molar-refractivity contribution in [3.63, 3.8) is 0 Å². The van der Waals surface area contributed by atoms with Crippen LogP contribution >= 0.6 is 0 Å². The van der Waals surface area contributed by atoms with Crippen molar-refractivity contribution in [3.05, 3.63) is 42.5 Å². The van der Waals surface area contributed by atoms with Gasteiger partial charge in [0.05, 0.1) is 23.5 Å². The first-order chi connectivity index (χ1) is 17.0. The fraction of sp³-hybridized carbons (Fsp3) is 0.483. The summed E-state index contributed by atoms with van der Waals surface area (Å²) in [6, 6.07) is 14.3. The molecule has 5 rings (SSSR count). The molecule has 6 heteroatoms. The average molecular weight is 475 g/mol. The van der Waals surface area contributed by atoms with Crippen LogP contribution in [0.25, 0.3) is 22.2 Å². The van der Waals surface area contributed by atoms with Crippen LogP contribution in [0.3, 0.4) is 0 Å². The lowest BCUT2D eigenvalue weighted by Gasteiger charge is -2.15. The molecule has 1 atom stereocenters. The second kappa shape index (κ2) is 10.3. The maximum Gasteiger partial charge on any atom is 0.227 e. The summed E-state index contributed by atoms with van der Waals surface area (Å²) in [6.45, 7) is 6.11. The van der Waals surface area contributed by atoms with Crippen molar-refractivity contribution in [2.24, 2.45) is 11.8 Å². The first kappa shape index (κ1) is 23.7. The van der Waals surface area contributed by atoms with E-state index in [1.54, 1.807) is 0 Å². The summed E-state index contributed by atoms with van der Waals surface area (Å²) < 4.78 is 8.47.